The van der Waals surface area contributed by atoms with E-state index >= 15 is 0 Å². The fourth-order valence-corrected chi connectivity index (χ4v) is 3.23. The van der Waals surface area contributed by atoms with Crippen molar-refractivity contribution in [3.05, 3.63) is 52.8 Å². The molecule has 2 aromatic heterocycles. The summed E-state index contributed by atoms with van der Waals surface area (Å²) in [5.74, 6) is -0.184. The first-order chi connectivity index (χ1) is 10.0. The third-order valence-electron chi connectivity index (χ3n) is 3.22. The number of benzene rings is 1. The number of anilines is 1. The summed E-state index contributed by atoms with van der Waals surface area (Å²) in [5, 5.41) is 3.46. The zero-order valence-electron chi connectivity index (χ0n) is 12.1. The van der Waals surface area contributed by atoms with Gasteiger partial charge in [-0.3, -0.25) is 15.1 Å². The number of hydrogen-bond donors (Lipinski definition) is 1. The molecule has 0 unspecified atom stereocenters. The van der Waals surface area contributed by atoms with Crippen molar-refractivity contribution in [1.29, 1.82) is 0 Å². The molecule has 0 saturated carbocycles. The molecule has 0 aliphatic carbocycles. The van der Waals surface area contributed by atoms with Crippen LogP contribution in [-0.4, -0.2) is 15.9 Å². The SMILES string of the molecule is Cc1cc(C)c2nc(NC(=O)c3ccc(C)nc3)sc2c1. The van der Waals surface area contributed by atoms with E-state index in [1.807, 2.05) is 19.9 Å². The average Bonchev–Trinajstić information content (AvgIpc) is 2.82. The van der Waals surface area contributed by atoms with E-state index in [4.69, 9.17) is 0 Å². The van der Waals surface area contributed by atoms with Crippen molar-refractivity contribution in [3.8, 4) is 0 Å². The largest absolute Gasteiger partial charge is 0.298 e. The van der Waals surface area contributed by atoms with Gasteiger partial charge in [-0.15, -0.1) is 0 Å². The second-order valence-electron chi connectivity index (χ2n) is 5.09. The van der Waals surface area contributed by atoms with Crippen molar-refractivity contribution in [2.75, 3.05) is 5.32 Å². The standard InChI is InChI=1S/C16H15N3OS/c1-9-6-10(2)14-13(7-9)21-16(18-14)19-15(20)12-5-4-11(3)17-8-12/h4-8H,1-3H3,(H,18,19,20). The van der Waals surface area contributed by atoms with Crippen molar-refractivity contribution in [1.82, 2.24) is 9.97 Å². The molecule has 0 atom stereocenters. The maximum atomic E-state index is 12.2. The van der Waals surface area contributed by atoms with Crippen molar-refractivity contribution >= 4 is 32.6 Å². The molecule has 1 amide bonds. The molecule has 0 fully saturated rings. The molecular formula is C16H15N3OS. The molecule has 3 rings (SSSR count). The van der Waals surface area contributed by atoms with Crippen LogP contribution in [0.25, 0.3) is 10.2 Å². The van der Waals surface area contributed by atoms with Crippen LogP contribution in [0.1, 0.15) is 27.2 Å². The Hall–Kier alpha value is -2.27. The molecule has 3 aromatic rings. The van der Waals surface area contributed by atoms with Crippen LogP contribution in [0.15, 0.2) is 30.5 Å². The van der Waals surface area contributed by atoms with Crippen LogP contribution in [-0.2, 0) is 0 Å². The Morgan fingerprint density at radius 3 is 2.71 bits per heavy atom. The van der Waals surface area contributed by atoms with Crippen LogP contribution in [0.5, 0.6) is 0 Å². The van der Waals surface area contributed by atoms with Gasteiger partial charge in [0.25, 0.3) is 5.91 Å². The number of aryl methyl sites for hydroxylation is 3. The number of fused-ring (bicyclic) bond motifs is 1. The molecule has 106 valence electrons. The Morgan fingerprint density at radius 2 is 2.00 bits per heavy atom. The maximum absolute atomic E-state index is 12.2. The van der Waals surface area contributed by atoms with E-state index in [1.165, 1.54) is 16.9 Å². The normalized spacial score (nSPS) is 10.8. The van der Waals surface area contributed by atoms with Crippen LogP contribution in [0.3, 0.4) is 0 Å². The molecule has 0 saturated heterocycles. The van der Waals surface area contributed by atoms with Crippen molar-refractivity contribution in [2.24, 2.45) is 0 Å². The lowest BCUT2D eigenvalue weighted by Gasteiger charge is -2.01. The van der Waals surface area contributed by atoms with Gasteiger partial charge >= 0.3 is 0 Å². The van der Waals surface area contributed by atoms with Crippen LogP contribution in [0, 0.1) is 20.8 Å². The summed E-state index contributed by atoms with van der Waals surface area (Å²) >= 11 is 1.49. The minimum atomic E-state index is -0.184. The van der Waals surface area contributed by atoms with E-state index in [-0.39, 0.29) is 5.91 Å². The first-order valence-corrected chi connectivity index (χ1v) is 7.46. The monoisotopic (exact) mass is 297 g/mol. The smallest absolute Gasteiger partial charge is 0.259 e. The maximum Gasteiger partial charge on any atom is 0.259 e. The first kappa shape index (κ1) is 13.7. The molecule has 21 heavy (non-hydrogen) atoms. The summed E-state index contributed by atoms with van der Waals surface area (Å²) in [4.78, 5) is 20.8. The van der Waals surface area contributed by atoms with Gasteiger partial charge in [-0.05, 0) is 50.1 Å². The van der Waals surface area contributed by atoms with Gasteiger partial charge in [0.15, 0.2) is 5.13 Å². The van der Waals surface area contributed by atoms with Crippen LogP contribution >= 0.6 is 11.3 Å². The van der Waals surface area contributed by atoms with Gasteiger partial charge in [0.2, 0.25) is 0 Å². The highest BCUT2D eigenvalue weighted by Gasteiger charge is 2.11. The average molecular weight is 297 g/mol. The van der Waals surface area contributed by atoms with E-state index in [9.17, 15) is 4.79 Å². The lowest BCUT2D eigenvalue weighted by atomic mass is 10.1. The Bertz CT molecular complexity index is 821. The fourth-order valence-electron chi connectivity index (χ4n) is 2.20. The second kappa shape index (κ2) is 5.26. The topological polar surface area (TPSA) is 54.9 Å². The molecular weight excluding hydrogens is 282 g/mol. The Balaban J connectivity index is 1.89. The number of amides is 1. The minimum Gasteiger partial charge on any atom is -0.298 e. The molecule has 0 aliphatic rings. The number of rotatable bonds is 2. The highest BCUT2D eigenvalue weighted by molar-refractivity contribution is 7.22. The summed E-state index contributed by atoms with van der Waals surface area (Å²) in [6.07, 6.45) is 1.58. The van der Waals surface area contributed by atoms with Gasteiger partial charge in [0.1, 0.15) is 0 Å². The van der Waals surface area contributed by atoms with Gasteiger partial charge in [-0.1, -0.05) is 17.4 Å². The number of carbonyl (C=O) groups is 1. The molecule has 4 nitrogen and oxygen atoms in total. The van der Waals surface area contributed by atoms with Gasteiger partial charge < -0.3 is 0 Å². The van der Waals surface area contributed by atoms with Gasteiger partial charge in [-0.2, -0.15) is 0 Å². The van der Waals surface area contributed by atoms with Crippen molar-refractivity contribution < 1.29 is 4.79 Å². The predicted octanol–water partition coefficient (Wildman–Crippen LogP) is 3.87. The highest BCUT2D eigenvalue weighted by atomic mass is 32.1. The molecule has 0 aliphatic heterocycles. The lowest BCUT2D eigenvalue weighted by Crippen LogP contribution is -2.11. The predicted molar refractivity (Wildman–Crippen MR) is 86.0 cm³/mol. The van der Waals surface area contributed by atoms with E-state index in [2.05, 4.69) is 34.3 Å². The molecule has 0 bridgehead atoms. The zero-order chi connectivity index (χ0) is 15.0. The summed E-state index contributed by atoms with van der Waals surface area (Å²) in [6, 6.07) is 7.77. The van der Waals surface area contributed by atoms with Gasteiger partial charge in [-0.25, -0.2) is 4.98 Å². The number of pyridine rings is 1. The van der Waals surface area contributed by atoms with Crippen molar-refractivity contribution in [2.45, 2.75) is 20.8 Å². The number of aromatic nitrogens is 2. The molecule has 5 heteroatoms. The molecule has 1 aromatic carbocycles. The minimum absolute atomic E-state index is 0.184. The summed E-state index contributed by atoms with van der Waals surface area (Å²) < 4.78 is 1.09. The molecule has 0 radical (unpaired) electrons. The van der Waals surface area contributed by atoms with E-state index in [0.717, 1.165) is 21.5 Å². The Labute approximate surface area is 126 Å². The Kier molecular flexibility index (Phi) is 3.43. The highest BCUT2D eigenvalue weighted by Crippen LogP contribution is 2.29. The van der Waals surface area contributed by atoms with Gasteiger partial charge in [0, 0.05) is 11.9 Å². The molecule has 1 N–H and O–H groups in total. The number of carbonyl (C=O) groups excluding carboxylic acids is 1. The van der Waals surface area contributed by atoms with E-state index in [1.54, 1.807) is 12.3 Å². The third-order valence-corrected chi connectivity index (χ3v) is 4.14. The zero-order valence-corrected chi connectivity index (χ0v) is 12.9. The fraction of sp³-hybridized carbons (Fsp3) is 0.188. The van der Waals surface area contributed by atoms with Crippen LogP contribution in [0.4, 0.5) is 5.13 Å². The number of hydrogen-bond acceptors (Lipinski definition) is 4. The van der Waals surface area contributed by atoms with Crippen molar-refractivity contribution in [3.63, 3.8) is 0 Å². The van der Waals surface area contributed by atoms with Crippen LogP contribution < -0.4 is 5.32 Å². The molecule has 2 heterocycles. The molecule has 0 spiro atoms. The number of nitrogens with one attached hydrogen (secondary N) is 1. The first-order valence-electron chi connectivity index (χ1n) is 6.65. The summed E-state index contributed by atoms with van der Waals surface area (Å²) in [5.41, 5.74) is 4.69. The summed E-state index contributed by atoms with van der Waals surface area (Å²) in [7, 11) is 0. The summed E-state index contributed by atoms with van der Waals surface area (Å²) in [6.45, 7) is 5.98. The van der Waals surface area contributed by atoms with E-state index in [0.29, 0.717) is 10.7 Å². The number of nitrogens with zero attached hydrogens (tertiary/aromatic N) is 2. The van der Waals surface area contributed by atoms with E-state index < -0.39 is 0 Å². The Morgan fingerprint density at radius 1 is 1.19 bits per heavy atom. The number of thiazole rings is 1. The van der Waals surface area contributed by atoms with Gasteiger partial charge in [0.05, 0.1) is 15.8 Å². The lowest BCUT2D eigenvalue weighted by molar-refractivity contribution is 0.102. The van der Waals surface area contributed by atoms with Crippen LogP contribution in [0.2, 0.25) is 0 Å². The third kappa shape index (κ3) is 2.78. The quantitative estimate of drug-likeness (QED) is 0.781. The second-order valence-corrected chi connectivity index (χ2v) is 6.12.